The number of hydrogen-bond acceptors (Lipinski definition) is 2. The first-order chi connectivity index (χ1) is 8.65. The fourth-order valence-corrected chi connectivity index (χ4v) is 2.00. The van der Waals surface area contributed by atoms with Crippen LogP contribution in [-0.4, -0.2) is 12.4 Å². The number of carbonyl (C=O) groups excluding carboxylic acids is 1. The van der Waals surface area contributed by atoms with E-state index < -0.39 is 0 Å². The van der Waals surface area contributed by atoms with Gasteiger partial charge in [0.05, 0.1) is 12.2 Å². The van der Waals surface area contributed by atoms with Gasteiger partial charge in [0.1, 0.15) is 5.75 Å². The number of rotatable bonds is 8. The number of benzene rings is 1. The van der Waals surface area contributed by atoms with Gasteiger partial charge in [-0.3, -0.25) is 4.79 Å². The first-order valence-electron chi connectivity index (χ1n) is 6.19. The lowest BCUT2D eigenvalue weighted by atomic mass is 10.1. The monoisotopic (exact) mass is 310 g/mol. The largest absolute Gasteiger partial charge is 0.493 e. The second kappa shape index (κ2) is 8.09. The fourth-order valence-electron chi connectivity index (χ4n) is 1.66. The highest BCUT2D eigenvalue weighted by Gasteiger charge is 2.08. The van der Waals surface area contributed by atoms with Gasteiger partial charge in [-0.15, -0.1) is 6.58 Å². The Hall–Kier alpha value is -1.09. The van der Waals surface area contributed by atoms with Crippen LogP contribution in [0.2, 0.25) is 0 Å². The van der Waals surface area contributed by atoms with E-state index in [1.807, 2.05) is 18.2 Å². The van der Waals surface area contributed by atoms with Crippen LogP contribution in [0.3, 0.4) is 0 Å². The van der Waals surface area contributed by atoms with E-state index in [0.717, 1.165) is 30.2 Å². The van der Waals surface area contributed by atoms with E-state index in [1.54, 1.807) is 13.0 Å². The predicted molar refractivity (Wildman–Crippen MR) is 78.3 cm³/mol. The second-order valence-corrected chi connectivity index (χ2v) is 5.10. The average Bonchev–Trinajstić information content (AvgIpc) is 2.33. The lowest BCUT2D eigenvalue weighted by molar-refractivity contribution is 0.101. The lowest BCUT2D eigenvalue weighted by Crippen LogP contribution is -2.03. The van der Waals surface area contributed by atoms with Gasteiger partial charge in [0.25, 0.3) is 0 Å². The summed E-state index contributed by atoms with van der Waals surface area (Å²) < 4.78 is 6.61. The van der Waals surface area contributed by atoms with Gasteiger partial charge in [-0.05, 0) is 50.8 Å². The number of unbranched alkanes of at least 4 members (excludes halogenated alkanes) is 3. The van der Waals surface area contributed by atoms with Crippen molar-refractivity contribution in [3.63, 3.8) is 0 Å². The van der Waals surface area contributed by atoms with Gasteiger partial charge in [-0.2, -0.15) is 0 Å². The van der Waals surface area contributed by atoms with Crippen molar-refractivity contribution in [1.29, 1.82) is 0 Å². The average molecular weight is 311 g/mol. The molecule has 0 aliphatic rings. The minimum atomic E-state index is 0.0316. The summed E-state index contributed by atoms with van der Waals surface area (Å²) in [4.78, 5) is 11.4. The van der Waals surface area contributed by atoms with Crippen molar-refractivity contribution in [2.45, 2.75) is 32.6 Å². The molecule has 0 aromatic heterocycles. The highest BCUT2D eigenvalue weighted by molar-refractivity contribution is 9.10. The molecule has 0 N–H and O–H groups in total. The SMILES string of the molecule is C=CCCCCCOc1cc(Br)ccc1C(C)=O. The van der Waals surface area contributed by atoms with Crippen LogP contribution in [0.4, 0.5) is 0 Å². The molecule has 1 rings (SSSR count). The third-order valence-electron chi connectivity index (χ3n) is 2.63. The molecule has 98 valence electrons. The van der Waals surface area contributed by atoms with Crippen LogP contribution < -0.4 is 4.74 Å². The minimum absolute atomic E-state index is 0.0316. The van der Waals surface area contributed by atoms with E-state index in [-0.39, 0.29) is 5.78 Å². The number of carbonyl (C=O) groups is 1. The maximum atomic E-state index is 11.4. The highest BCUT2D eigenvalue weighted by Crippen LogP contribution is 2.24. The van der Waals surface area contributed by atoms with Crippen molar-refractivity contribution in [1.82, 2.24) is 0 Å². The lowest BCUT2D eigenvalue weighted by Gasteiger charge is -2.10. The first-order valence-corrected chi connectivity index (χ1v) is 6.98. The Morgan fingerprint density at radius 2 is 2.17 bits per heavy atom. The molecule has 0 heterocycles. The number of hydrogen-bond donors (Lipinski definition) is 0. The number of Topliss-reactive ketones (excluding diaryl/α,β-unsaturated/α-hetero) is 1. The summed E-state index contributed by atoms with van der Waals surface area (Å²) in [6, 6.07) is 5.49. The number of ether oxygens (including phenoxy) is 1. The molecule has 0 unspecified atom stereocenters. The zero-order valence-electron chi connectivity index (χ0n) is 10.7. The van der Waals surface area contributed by atoms with E-state index in [1.165, 1.54) is 0 Å². The maximum absolute atomic E-state index is 11.4. The summed E-state index contributed by atoms with van der Waals surface area (Å²) in [6.07, 6.45) is 6.25. The van der Waals surface area contributed by atoms with Gasteiger partial charge in [0.15, 0.2) is 5.78 Å². The molecule has 3 heteroatoms. The van der Waals surface area contributed by atoms with Gasteiger partial charge >= 0.3 is 0 Å². The fraction of sp³-hybridized carbons (Fsp3) is 0.400. The Kier molecular flexibility index (Phi) is 6.73. The molecule has 0 aliphatic carbocycles. The van der Waals surface area contributed by atoms with Gasteiger partial charge < -0.3 is 4.74 Å². The molecule has 0 fully saturated rings. The molecule has 1 aromatic rings. The van der Waals surface area contributed by atoms with Crippen LogP contribution in [0.15, 0.2) is 35.3 Å². The molecular weight excluding hydrogens is 292 g/mol. The zero-order valence-corrected chi connectivity index (χ0v) is 12.3. The number of allylic oxidation sites excluding steroid dienone is 1. The topological polar surface area (TPSA) is 26.3 Å². The molecule has 0 saturated carbocycles. The van der Waals surface area contributed by atoms with E-state index >= 15 is 0 Å². The van der Waals surface area contributed by atoms with E-state index in [2.05, 4.69) is 22.5 Å². The van der Waals surface area contributed by atoms with Gasteiger partial charge in [-0.25, -0.2) is 0 Å². The Bertz CT molecular complexity index is 413. The molecule has 2 nitrogen and oxygen atoms in total. The van der Waals surface area contributed by atoms with Crippen LogP contribution in [0.25, 0.3) is 0 Å². The maximum Gasteiger partial charge on any atom is 0.163 e. The van der Waals surface area contributed by atoms with Crippen molar-refractivity contribution in [2.75, 3.05) is 6.61 Å². The van der Waals surface area contributed by atoms with Crippen molar-refractivity contribution >= 4 is 21.7 Å². The molecule has 0 radical (unpaired) electrons. The smallest absolute Gasteiger partial charge is 0.163 e. The Balaban J connectivity index is 2.47. The molecule has 0 saturated heterocycles. The van der Waals surface area contributed by atoms with Crippen LogP contribution in [-0.2, 0) is 0 Å². The summed E-state index contributed by atoms with van der Waals surface area (Å²) in [5.41, 5.74) is 0.643. The first kappa shape index (κ1) is 15.0. The molecule has 1 aromatic carbocycles. The second-order valence-electron chi connectivity index (χ2n) is 4.18. The van der Waals surface area contributed by atoms with Crippen molar-refractivity contribution < 1.29 is 9.53 Å². The molecule has 0 bridgehead atoms. The van der Waals surface area contributed by atoms with E-state index in [0.29, 0.717) is 17.9 Å². The Labute approximate surface area is 117 Å². The van der Waals surface area contributed by atoms with Crippen molar-refractivity contribution in [3.8, 4) is 5.75 Å². The van der Waals surface area contributed by atoms with Crippen LogP contribution in [0.1, 0.15) is 43.0 Å². The molecule has 0 aliphatic heterocycles. The number of ketones is 1. The third kappa shape index (κ3) is 5.05. The summed E-state index contributed by atoms with van der Waals surface area (Å²) in [6.45, 7) is 5.90. The van der Waals surface area contributed by atoms with Crippen LogP contribution in [0.5, 0.6) is 5.75 Å². The van der Waals surface area contributed by atoms with Crippen molar-refractivity contribution in [3.05, 3.63) is 40.9 Å². The molecular formula is C15H19BrO2. The number of halogens is 1. The van der Waals surface area contributed by atoms with Crippen LogP contribution >= 0.6 is 15.9 Å². The molecule has 0 atom stereocenters. The molecule has 0 amide bonds. The van der Waals surface area contributed by atoms with Gasteiger partial charge in [0.2, 0.25) is 0 Å². The summed E-state index contributed by atoms with van der Waals surface area (Å²) in [5.74, 6) is 0.699. The van der Waals surface area contributed by atoms with Crippen LogP contribution in [0, 0.1) is 0 Å². The third-order valence-corrected chi connectivity index (χ3v) is 3.13. The molecule has 0 spiro atoms. The minimum Gasteiger partial charge on any atom is -0.493 e. The van der Waals surface area contributed by atoms with E-state index in [9.17, 15) is 4.79 Å². The van der Waals surface area contributed by atoms with Gasteiger partial charge in [-0.1, -0.05) is 22.0 Å². The molecule has 18 heavy (non-hydrogen) atoms. The predicted octanol–water partition coefficient (Wildman–Crippen LogP) is 4.78. The normalized spacial score (nSPS) is 10.1. The summed E-state index contributed by atoms with van der Waals surface area (Å²) in [5, 5.41) is 0. The Morgan fingerprint density at radius 3 is 2.83 bits per heavy atom. The Morgan fingerprint density at radius 1 is 1.39 bits per heavy atom. The highest BCUT2D eigenvalue weighted by atomic mass is 79.9. The van der Waals surface area contributed by atoms with Gasteiger partial charge in [0, 0.05) is 4.47 Å². The summed E-state index contributed by atoms with van der Waals surface area (Å²) >= 11 is 3.39. The zero-order chi connectivity index (χ0) is 13.4. The standard InChI is InChI=1S/C15H19BrO2/c1-3-4-5-6-7-10-18-15-11-13(16)8-9-14(15)12(2)17/h3,8-9,11H,1,4-7,10H2,2H3. The van der Waals surface area contributed by atoms with E-state index in [4.69, 9.17) is 4.74 Å². The summed E-state index contributed by atoms with van der Waals surface area (Å²) in [7, 11) is 0. The quantitative estimate of drug-likeness (QED) is 0.392. The van der Waals surface area contributed by atoms with Crippen molar-refractivity contribution in [2.24, 2.45) is 0 Å².